The number of aliphatic imine (C=N–C) groups is 1. The lowest BCUT2D eigenvalue weighted by Crippen LogP contribution is -2.00. The first-order valence-electron chi connectivity index (χ1n) is 17.9. The van der Waals surface area contributed by atoms with Crippen LogP contribution < -0.4 is 0 Å². The lowest BCUT2D eigenvalue weighted by molar-refractivity contribution is 1.32. The summed E-state index contributed by atoms with van der Waals surface area (Å²) in [5.41, 5.74) is 14.5. The number of nitrogens with zero attached hydrogens (tertiary/aromatic N) is 3. The average molecular weight is 666 g/mol. The Hall–Kier alpha value is -6.58. The fourth-order valence-electron chi connectivity index (χ4n) is 8.06. The zero-order chi connectivity index (χ0) is 34.9. The van der Waals surface area contributed by atoms with Crippen LogP contribution in [0.3, 0.4) is 0 Å². The lowest BCUT2D eigenvalue weighted by Gasteiger charge is -2.17. The molecule has 8 aromatic carbocycles. The van der Waals surface area contributed by atoms with Gasteiger partial charge in [-0.15, -0.1) is 0 Å². The van der Waals surface area contributed by atoms with Gasteiger partial charge in [-0.3, -0.25) is 9.39 Å². The first-order chi connectivity index (χ1) is 25.5. The van der Waals surface area contributed by atoms with Gasteiger partial charge >= 0.3 is 0 Å². The molecule has 0 spiro atoms. The molecule has 0 amide bonds. The zero-order valence-corrected chi connectivity index (χ0v) is 29.4. The molecule has 0 N–H and O–H groups in total. The standard InChI is InChI=1S/C49H35N3/c1-30-12-4-9-17-45(30)50-32(3)39-22-20-37(26-42(39)41-25-34-14-6-5-13-33(34)24-31(41)2)38-21-23-40-43(27-38)44-28-35-15-7-8-16-36(35)29-48(44)52-47-19-11-10-18-46(47)51-49(40)52/h4-29H,1-3H3/b50-32+. The predicted octanol–water partition coefficient (Wildman–Crippen LogP) is 13.2. The summed E-state index contributed by atoms with van der Waals surface area (Å²) < 4.78 is 2.34. The molecule has 0 atom stereocenters. The first-order valence-corrected chi connectivity index (χ1v) is 17.9. The van der Waals surface area contributed by atoms with Crippen LogP contribution in [0, 0.1) is 13.8 Å². The summed E-state index contributed by atoms with van der Waals surface area (Å²) in [7, 11) is 0. The Kier molecular flexibility index (Phi) is 6.84. The van der Waals surface area contributed by atoms with E-state index in [9.17, 15) is 0 Å². The van der Waals surface area contributed by atoms with Crippen LogP contribution in [0.1, 0.15) is 23.6 Å². The topological polar surface area (TPSA) is 29.7 Å². The van der Waals surface area contributed by atoms with Crippen LogP contribution in [0.25, 0.3) is 82.2 Å². The molecule has 52 heavy (non-hydrogen) atoms. The number of imidazole rings is 1. The Labute approximate surface area is 302 Å². The van der Waals surface area contributed by atoms with Crippen molar-refractivity contribution in [3.8, 4) is 22.3 Å². The summed E-state index contributed by atoms with van der Waals surface area (Å²) >= 11 is 0. The van der Waals surface area contributed by atoms with Gasteiger partial charge < -0.3 is 0 Å². The molecule has 0 saturated carbocycles. The van der Waals surface area contributed by atoms with Gasteiger partial charge in [0.05, 0.1) is 22.2 Å². The van der Waals surface area contributed by atoms with Gasteiger partial charge in [0.15, 0.2) is 0 Å². The summed E-state index contributed by atoms with van der Waals surface area (Å²) in [5, 5.41) is 8.49. The Bertz CT molecular complexity index is 3110. The van der Waals surface area contributed by atoms with E-state index in [4.69, 9.17) is 9.98 Å². The smallest absolute Gasteiger partial charge is 0.146 e. The monoisotopic (exact) mass is 665 g/mol. The van der Waals surface area contributed by atoms with Gasteiger partial charge in [-0.25, -0.2) is 4.98 Å². The van der Waals surface area contributed by atoms with Crippen LogP contribution in [0.5, 0.6) is 0 Å². The van der Waals surface area contributed by atoms with Crippen LogP contribution >= 0.6 is 0 Å². The van der Waals surface area contributed by atoms with Gasteiger partial charge in [0.25, 0.3) is 0 Å². The molecule has 0 fully saturated rings. The van der Waals surface area contributed by atoms with Crippen LogP contribution in [-0.4, -0.2) is 15.1 Å². The van der Waals surface area contributed by atoms with E-state index in [1.54, 1.807) is 0 Å². The highest BCUT2D eigenvalue weighted by atomic mass is 15.0. The normalized spacial score (nSPS) is 12.2. The molecule has 0 aliphatic carbocycles. The minimum atomic E-state index is 0.983. The summed E-state index contributed by atoms with van der Waals surface area (Å²) in [5.74, 6) is 0. The molecule has 0 radical (unpaired) electrons. The Balaban J connectivity index is 1.23. The zero-order valence-electron chi connectivity index (χ0n) is 29.4. The highest BCUT2D eigenvalue weighted by molar-refractivity contribution is 6.17. The molecule has 0 bridgehead atoms. The van der Waals surface area contributed by atoms with Crippen molar-refractivity contribution in [3.05, 3.63) is 174 Å². The van der Waals surface area contributed by atoms with Crippen molar-refractivity contribution in [2.75, 3.05) is 0 Å². The molecule has 246 valence electrons. The van der Waals surface area contributed by atoms with Crippen molar-refractivity contribution in [1.29, 1.82) is 0 Å². The second kappa shape index (κ2) is 11.8. The van der Waals surface area contributed by atoms with E-state index in [-0.39, 0.29) is 0 Å². The number of benzene rings is 8. The fourth-order valence-corrected chi connectivity index (χ4v) is 8.06. The molecule has 10 aromatic rings. The van der Waals surface area contributed by atoms with Crippen molar-refractivity contribution in [1.82, 2.24) is 9.38 Å². The fraction of sp³-hybridized carbons (Fsp3) is 0.0612. The molecular formula is C49H35N3. The lowest BCUT2D eigenvalue weighted by atomic mass is 9.88. The first kappa shape index (κ1) is 30.3. The Morgan fingerprint density at radius 3 is 1.96 bits per heavy atom. The van der Waals surface area contributed by atoms with Gasteiger partial charge in [-0.05, 0) is 136 Å². The van der Waals surface area contributed by atoms with E-state index in [0.29, 0.717) is 0 Å². The van der Waals surface area contributed by atoms with Gasteiger partial charge in [-0.2, -0.15) is 0 Å². The van der Waals surface area contributed by atoms with Crippen molar-refractivity contribution in [3.63, 3.8) is 0 Å². The molecule has 2 aromatic heterocycles. The number of hydrogen-bond donors (Lipinski definition) is 0. The van der Waals surface area contributed by atoms with Crippen LogP contribution in [0.4, 0.5) is 5.69 Å². The molecule has 3 nitrogen and oxygen atoms in total. The minimum Gasteiger partial charge on any atom is -0.292 e. The van der Waals surface area contributed by atoms with Crippen molar-refractivity contribution in [2.45, 2.75) is 20.8 Å². The van der Waals surface area contributed by atoms with E-state index >= 15 is 0 Å². The number of fused-ring (bicyclic) bond motifs is 10. The number of rotatable bonds is 4. The highest BCUT2D eigenvalue weighted by Crippen LogP contribution is 2.39. The Morgan fingerprint density at radius 1 is 0.500 bits per heavy atom. The summed E-state index contributed by atoms with van der Waals surface area (Å²) in [4.78, 5) is 10.3. The van der Waals surface area contributed by atoms with Crippen molar-refractivity contribution < 1.29 is 0 Å². The molecule has 0 saturated heterocycles. The van der Waals surface area contributed by atoms with Gasteiger partial charge in [0.1, 0.15) is 5.65 Å². The minimum absolute atomic E-state index is 0.983. The molecular weight excluding hydrogens is 631 g/mol. The maximum absolute atomic E-state index is 5.19. The maximum Gasteiger partial charge on any atom is 0.146 e. The van der Waals surface area contributed by atoms with E-state index in [2.05, 4.69) is 183 Å². The van der Waals surface area contributed by atoms with Crippen LogP contribution in [0.2, 0.25) is 0 Å². The molecule has 10 rings (SSSR count). The van der Waals surface area contributed by atoms with E-state index in [1.165, 1.54) is 60.1 Å². The second-order valence-electron chi connectivity index (χ2n) is 14.0. The molecule has 2 heterocycles. The second-order valence-corrected chi connectivity index (χ2v) is 14.0. The van der Waals surface area contributed by atoms with E-state index in [1.807, 2.05) is 0 Å². The summed E-state index contributed by atoms with van der Waals surface area (Å²) in [6.07, 6.45) is 0. The number of aromatic nitrogens is 2. The third-order valence-electron chi connectivity index (χ3n) is 10.7. The van der Waals surface area contributed by atoms with E-state index in [0.717, 1.165) is 50.1 Å². The molecule has 0 aliphatic heterocycles. The maximum atomic E-state index is 5.19. The van der Waals surface area contributed by atoms with Gasteiger partial charge in [0.2, 0.25) is 0 Å². The van der Waals surface area contributed by atoms with E-state index < -0.39 is 0 Å². The number of aryl methyl sites for hydroxylation is 2. The van der Waals surface area contributed by atoms with Gasteiger partial charge in [-0.1, -0.05) is 103 Å². The number of para-hydroxylation sites is 3. The average Bonchev–Trinajstić information content (AvgIpc) is 3.58. The predicted molar refractivity (Wildman–Crippen MR) is 221 cm³/mol. The highest BCUT2D eigenvalue weighted by Gasteiger charge is 2.18. The number of hydrogen-bond acceptors (Lipinski definition) is 2. The Morgan fingerprint density at radius 2 is 1.15 bits per heavy atom. The van der Waals surface area contributed by atoms with Gasteiger partial charge in [0, 0.05) is 22.0 Å². The third kappa shape index (κ3) is 4.81. The third-order valence-corrected chi connectivity index (χ3v) is 10.7. The molecule has 0 aliphatic rings. The SMILES string of the molecule is C/C(=N\c1ccccc1C)c1ccc(-c2ccc3c(c2)c2cc4ccccc4cc2n2c4ccccc4nc32)cc1-c1cc2ccccc2cc1C. The quantitative estimate of drug-likeness (QED) is 0.104. The largest absolute Gasteiger partial charge is 0.292 e. The molecule has 3 heteroatoms. The summed E-state index contributed by atoms with van der Waals surface area (Å²) in [6, 6.07) is 57.1. The van der Waals surface area contributed by atoms with Crippen molar-refractivity contribution >= 4 is 71.3 Å². The van der Waals surface area contributed by atoms with Crippen LogP contribution in [0.15, 0.2) is 163 Å². The van der Waals surface area contributed by atoms with Crippen LogP contribution in [-0.2, 0) is 0 Å². The molecule has 0 unspecified atom stereocenters. The summed E-state index contributed by atoms with van der Waals surface area (Å²) in [6.45, 7) is 6.47. The number of pyridine rings is 1. The van der Waals surface area contributed by atoms with Crippen molar-refractivity contribution in [2.24, 2.45) is 4.99 Å².